The Hall–Kier alpha value is -2.81. The van der Waals surface area contributed by atoms with Gasteiger partial charge in [-0.2, -0.15) is 0 Å². The first-order valence-corrected chi connectivity index (χ1v) is 10.8. The summed E-state index contributed by atoms with van der Waals surface area (Å²) < 4.78 is 25.7. The largest absolute Gasteiger partial charge is 0.496 e. The highest BCUT2D eigenvalue weighted by atomic mass is 32.1. The topological polar surface area (TPSA) is 60.5 Å². The number of carbonyl (C=O) groups excluding carboxylic acids is 1. The smallest absolute Gasteiger partial charge is 0.267 e. The van der Waals surface area contributed by atoms with Gasteiger partial charge in [0.15, 0.2) is 5.13 Å². The number of thiazole rings is 1. The molecule has 0 aliphatic heterocycles. The van der Waals surface area contributed by atoms with Crippen LogP contribution in [0.5, 0.6) is 5.75 Å². The van der Waals surface area contributed by atoms with Crippen LogP contribution in [0.15, 0.2) is 41.8 Å². The van der Waals surface area contributed by atoms with Crippen LogP contribution in [0.1, 0.15) is 20.8 Å². The number of hydrogen-bond acceptors (Lipinski definition) is 6. The molecule has 0 aliphatic rings. The van der Waals surface area contributed by atoms with Crippen LogP contribution >= 0.6 is 22.7 Å². The van der Waals surface area contributed by atoms with Crippen LogP contribution in [0, 0.1) is 12.7 Å². The normalized spacial score (nSPS) is 11.1. The lowest BCUT2D eigenvalue weighted by Crippen LogP contribution is -2.12. The molecule has 0 atom stereocenters. The van der Waals surface area contributed by atoms with Gasteiger partial charge in [0.1, 0.15) is 11.6 Å². The van der Waals surface area contributed by atoms with E-state index in [1.165, 1.54) is 35.8 Å². The third-order valence-corrected chi connectivity index (χ3v) is 6.57. The molecule has 8 heteroatoms. The van der Waals surface area contributed by atoms with E-state index in [2.05, 4.69) is 10.3 Å². The number of methoxy groups -OCH3 is 2. The second-order valence-corrected chi connectivity index (χ2v) is 8.56. The first kappa shape index (κ1) is 20.5. The second-order valence-electron chi connectivity index (χ2n) is 6.65. The number of rotatable bonds is 6. The maximum Gasteiger partial charge on any atom is 0.267 e. The van der Waals surface area contributed by atoms with Crippen LogP contribution in [0.25, 0.3) is 21.3 Å². The summed E-state index contributed by atoms with van der Waals surface area (Å²) in [6.45, 7) is 2.14. The number of aromatic nitrogens is 1. The van der Waals surface area contributed by atoms with Crippen LogP contribution in [-0.4, -0.2) is 25.1 Å². The van der Waals surface area contributed by atoms with Gasteiger partial charge in [0.25, 0.3) is 5.91 Å². The van der Waals surface area contributed by atoms with Gasteiger partial charge in [-0.05, 0) is 31.2 Å². The zero-order valence-electron chi connectivity index (χ0n) is 16.6. The lowest BCUT2D eigenvalue weighted by molar-refractivity contribution is 0.102. The van der Waals surface area contributed by atoms with E-state index in [4.69, 9.17) is 9.47 Å². The lowest BCUT2D eigenvalue weighted by Gasteiger charge is -2.07. The van der Waals surface area contributed by atoms with Gasteiger partial charge in [-0.25, -0.2) is 9.37 Å². The molecular formula is C22H19FN2O3S2. The number of fused-ring (bicyclic) bond motifs is 1. The van der Waals surface area contributed by atoms with Gasteiger partial charge in [-0.3, -0.25) is 10.1 Å². The summed E-state index contributed by atoms with van der Waals surface area (Å²) in [5, 5.41) is 5.60. The maximum atomic E-state index is 14.4. The zero-order chi connectivity index (χ0) is 21.3. The molecule has 0 spiro atoms. The Morgan fingerprint density at radius 2 is 2.07 bits per heavy atom. The molecule has 4 rings (SSSR count). The Morgan fingerprint density at radius 1 is 1.23 bits per heavy atom. The molecule has 2 heterocycles. The molecule has 2 aromatic heterocycles. The molecule has 2 aromatic carbocycles. The molecule has 1 N–H and O–H groups in total. The van der Waals surface area contributed by atoms with Crippen LogP contribution in [0.2, 0.25) is 0 Å². The number of thiophene rings is 1. The van der Waals surface area contributed by atoms with E-state index < -0.39 is 0 Å². The SMILES string of the molecule is COCc1c(C(=O)Nc2nc(-c3cc(C)ccc3OC)cs2)sc2cccc(F)c12. The van der Waals surface area contributed by atoms with Crippen molar-refractivity contribution in [3.05, 3.63) is 63.6 Å². The molecule has 0 saturated heterocycles. The molecule has 30 heavy (non-hydrogen) atoms. The fourth-order valence-electron chi connectivity index (χ4n) is 3.26. The molecule has 0 saturated carbocycles. The fourth-order valence-corrected chi connectivity index (χ4v) is 5.09. The van der Waals surface area contributed by atoms with Crippen molar-refractivity contribution < 1.29 is 18.7 Å². The number of benzene rings is 2. The van der Waals surface area contributed by atoms with E-state index in [0.29, 0.717) is 31.4 Å². The standard InChI is InChI=1S/C22H19FN2O3S2/c1-12-7-8-17(28-3)13(9-12)16-11-29-22(24-16)25-21(26)20-14(10-27-2)19-15(23)5-4-6-18(19)30-20/h4-9,11H,10H2,1-3H3,(H,24,25,26). The Bertz CT molecular complexity index is 1230. The minimum Gasteiger partial charge on any atom is -0.496 e. The van der Waals surface area contributed by atoms with Gasteiger partial charge < -0.3 is 9.47 Å². The minimum absolute atomic E-state index is 0.146. The Kier molecular flexibility index (Phi) is 5.80. The first-order valence-electron chi connectivity index (χ1n) is 9.12. The predicted molar refractivity (Wildman–Crippen MR) is 119 cm³/mol. The summed E-state index contributed by atoms with van der Waals surface area (Å²) >= 11 is 2.56. The van der Waals surface area contributed by atoms with Gasteiger partial charge in [-0.1, -0.05) is 17.7 Å². The van der Waals surface area contributed by atoms with Crippen LogP contribution < -0.4 is 10.1 Å². The first-order chi connectivity index (χ1) is 14.5. The average molecular weight is 443 g/mol. The highest BCUT2D eigenvalue weighted by Gasteiger charge is 2.22. The Balaban J connectivity index is 1.65. The third kappa shape index (κ3) is 3.81. The molecule has 5 nitrogen and oxygen atoms in total. The minimum atomic E-state index is -0.363. The van der Waals surface area contributed by atoms with Crippen molar-refractivity contribution in [2.75, 3.05) is 19.5 Å². The van der Waals surface area contributed by atoms with E-state index in [1.807, 2.05) is 30.5 Å². The van der Waals surface area contributed by atoms with Gasteiger partial charge >= 0.3 is 0 Å². The summed E-state index contributed by atoms with van der Waals surface area (Å²) in [6.07, 6.45) is 0. The molecule has 0 bridgehead atoms. The van der Waals surface area contributed by atoms with Crippen molar-refractivity contribution in [1.82, 2.24) is 4.98 Å². The summed E-state index contributed by atoms with van der Waals surface area (Å²) in [5.74, 6) is 0.0174. The number of carbonyl (C=O) groups is 1. The molecule has 154 valence electrons. The van der Waals surface area contributed by atoms with Crippen molar-refractivity contribution in [2.45, 2.75) is 13.5 Å². The molecule has 0 aliphatic carbocycles. The summed E-state index contributed by atoms with van der Waals surface area (Å²) in [4.78, 5) is 17.9. The number of anilines is 1. The predicted octanol–water partition coefficient (Wildman–Crippen LogP) is 5.88. The number of ether oxygens (including phenoxy) is 2. The molecule has 0 unspecified atom stereocenters. The van der Waals surface area contributed by atoms with E-state index in [9.17, 15) is 9.18 Å². The number of amides is 1. The van der Waals surface area contributed by atoms with Gasteiger partial charge in [0.2, 0.25) is 0 Å². The third-order valence-electron chi connectivity index (χ3n) is 4.61. The van der Waals surface area contributed by atoms with Gasteiger partial charge in [0, 0.05) is 33.7 Å². The van der Waals surface area contributed by atoms with E-state index in [1.54, 1.807) is 19.2 Å². The van der Waals surface area contributed by atoms with Gasteiger partial charge in [0.05, 0.1) is 24.3 Å². The van der Waals surface area contributed by atoms with Crippen LogP contribution in [0.3, 0.4) is 0 Å². The number of hydrogen-bond donors (Lipinski definition) is 1. The molecule has 1 amide bonds. The summed E-state index contributed by atoms with van der Waals surface area (Å²) in [6, 6.07) is 10.7. The zero-order valence-corrected chi connectivity index (χ0v) is 18.2. The summed E-state index contributed by atoms with van der Waals surface area (Å²) in [5.41, 5.74) is 3.21. The monoisotopic (exact) mass is 442 g/mol. The highest BCUT2D eigenvalue weighted by molar-refractivity contribution is 7.21. The van der Waals surface area contributed by atoms with Crippen molar-refractivity contribution in [1.29, 1.82) is 0 Å². The number of nitrogens with one attached hydrogen (secondary N) is 1. The molecular weight excluding hydrogens is 423 g/mol. The van der Waals surface area contributed by atoms with Crippen molar-refractivity contribution in [2.24, 2.45) is 0 Å². The molecule has 0 radical (unpaired) electrons. The van der Waals surface area contributed by atoms with Crippen molar-refractivity contribution in [3.8, 4) is 17.0 Å². The maximum absolute atomic E-state index is 14.4. The highest BCUT2D eigenvalue weighted by Crippen LogP contribution is 2.36. The van der Waals surface area contributed by atoms with Crippen LogP contribution in [0.4, 0.5) is 9.52 Å². The van der Waals surface area contributed by atoms with Gasteiger partial charge in [-0.15, -0.1) is 22.7 Å². The fraction of sp³-hybridized carbons (Fsp3) is 0.182. The molecule has 0 fully saturated rings. The van der Waals surface area contributed by atoms with E-state index >= 15 is 0 Å². The van der Waals surface area contributed by atoms with E-state index in [-0.39, 0.29) is 18.3 Å². The summed E-state index contributed by atoms with van der Waals surface area (Å²) in [7, 11) is 3.13. The molecule has 4 aromatic rings. The Labute approximate surface area is 181 Å². The second kappa shape index (κ2) is 8.51. The number of aryl methyl sites for hydroxylation is 1. The average Bonchev–Trinajstić information content (AvgIpc) is 3.34. The van der Waals surface area contributed by atoms with Crippen LogP contribution in [-0.2, 0) is 11.3 Å². The Morgan fingerprint density at radius 3 is 2.83 bits per heavy atom. The lowest BCUT2D eigenvalue weighted by atomic mass is 10.1. The van der Waals surface area contributed by atoms with E-state index in [0.717, 1.165) is 16.8 Å². The number of nitrogens with zero attached hydrogens (tertiary/aromatic N) is 1. The van der Waals surface area contributed by atoms with Crippen molar-refractivity contribution >= 4 is 43.8 Å². The number of halogens is 1. The quantitative estimate of drug-likeness (QED) is 0.405. The van der Waals surface area contributed by atoms with Crippen molar-refractivity contribution in [3.63, 3.8) is 0 Å².